The van der Waals surface area contributed by atoms with E-state index in [0.29, 0.717) is 0 Å². The zero-order valence-corrected chi connectivity index (χ0v) is 9.95. The first-order valence-corrected chi connectivity index (χ1v) is 5.66. The lowest BCUT2D eigenvalue weighted by atomic mass is 10.1. The second kappa shape index (κ2) is 4.41. The zero-order chi connectivity index (χ0) is 13.2. The second-order valence-electron chi connectivity index (χ2n) is 3.99. The summed E-state index contributed by atoms with van der Waals surface area (Å²) in [6.45, 7) is 0. The summed E-state index contributed by atoms with van der Waals surface area (Å²) in [4.78, 5) is 4.34. The van der Waals surface area contributed by atoms with Gasteiger partial charge in [-0.2, -0.15) is 0 Å². The summed E-state index contributed by atoms with van der Waals surface area (Å²) in [7, 11) is 0. The molecule has 3 rings (SSSR count). The molecule has 0 aliphatic heterocycles. The van der Waals surface area contributed by atoms with Gasteiger partial charge in [0.1, 0.15) is 0 Å². The van der Waals surface area contributed by atoms with Crippen LogP contribution in [0.2, 0.25) is 0 Å². The summed E-state index contributed by atoms with van der Waals surface area (Å²) in [5.74, 6) is 0.302. The Kier molecular flexibility index (Phi) is 2.60. The number of hydrogen-bond acceptors (Lipinski definition) is 5. The van der Waals surface area contributed by atoms with E-state index in [2.05, 4.69) is 19.9 Å². The van der Waals surface area contributed by atoms with Gasteiger partial charge in [0.25, 0.3) is 0 Å². The first-order valence-electron chi connectivity index (χ1n) is 5.66. The number of nitrogens with zero attached hydrogens (tertiary/aromatic N) is 3. The van der Waals surface area contributed by atoms with Crippen molar-refractivity contribution in [2.24, 2.45) is 10.7 Å². The molecule has 94 valence electrons. The van der Waals surface area contributed by atoms with Crippen LogP contribution in [0.1, 0.15) is 5.69 Å². The Hall–Kier alpha value is -2.89. The Morgan fingerprint density at radius 3 is 2.63 bits per heavy atom. The number of aromatic nitrogens is 2. The molecule has 0 amide bonds. The number of amidine groups is 1. The minimum absolute atomic E-state index is 0.126. The van der Waals surface area contributed by atoms with Crippen LogP contribution < -0.4 is 11.5 Å². The van der Waals surface area contributed by atoms with E-state index >= 15 is 0 Å². The first kappa shape index (κ1) is 11.2. The number of nitrogens with two attached hydrogens (primary N) is 2. The highest BCUT2D eigenvalue weighted by Gasteiger charge is 2.11. The average molecular weight is 253 g/mol. The Balaban J connectivity index is 2.13. The summed E-state index contributed by atoms with van der Waals surface area (Å²) in [5.41, 5.74) is 12.5. The van der Waals surface area contributed by atoms with E-state index in [0.717, 1.165) is 16.5 Å². The Bertz CT molecular complexity index is 757. The van der Waals surface area contributed by atoms with Gasteiger partial charge in [0.2, 0.25) is 0 Å². The molecule has 3 aromatic rings. The third-order valence-electron chi connectivity index (χ3n) is 2.76. The molecule has 0 aliphatic carbocycles. The fraction of sp³-hybridized carbons (Fsp3) is 0. The quantitative estimate of drug-likeness (QED) is 0.535. The van der Waals surface area contributed by atoms with Gasteiger partial charge in [-0.15, -0.1) is 0 Å². The van der Waals surface area contributed by atoms with Gasteiger partial charge in [-0.1, -0.05) is 36.4 Å². The van der Waals surface area contributed by atoms with E-state index in [4.69, 9.17) is 11.5 Å². The van der Waals surface area contributed by atoms with Crippen molar-refractivity contribution in [2.75, 3.05) is 5.73 Å². The van der Waals surface area contributed by atoms with Gasteiger partial charge in [0, 0.05) is 5.39 Å². The fourth-order valence-corrected chi connectivity index (χ4v) is 1.86. The molecule has 1 aromatic heterocycles. The van der Waals surface area contributed by atoms with Crippen LogP contribution in [0.15, 0.2) is 52.1 Å². The van der Waals surface area contributed by atoms with Crippen LogP contribution in [0, 0.1) is 0 Å². The molecule has 6 nitrogen and oxygen atoms in total. The topological polar surface area (TPSA) is 103 Å². The molecular formula is C13H11N5O. The van der Waals surface area contributed by atoms with Crippen molar-refractivity contribution >= 4 is 28.1 Å². The van der Waals surface area contributed by atoms with Crippen molar-refractivity contribution in [3.8, 4) is 0 Å². The Morgan fingerprint density at radius 2 is 1.84 bits per heavy atom. The van der Waals surface area contributed by atoms with Crippen LogP contribution in [0.25, 0.3) is 10.8 Å². The molecular weight excluding hydrogens is 242 g/mol. The number of nitrogen functional groups attached to an aromatic ring is 1. The van der Waals surface area contributed by atoms with Crippen LogP contribution in [0.4, 0.5) is 11.5 Å². The largest absolute Gasteiger partial charge is 0.382 e. The van der Waals surface area contributed by atoms with Crippen LogP contribution in [0.5, 0.6) is 0 Å². The SMILES string of the molecule is NC(=Nc1cccc2ccccc12)c1nonc1N. The smallest absolute Gasteiger partial charge is 0.199 e. The van der Waals surface area contributed by atoms with Crippen molar-refractivity contribution in [3.05, 3.63) is 48.2 Å². The molecule has 4 N–H and O–H groups in total. The van der Waals surface area contributed by atoms with Gasteiger partial charge in [0.05, 0.1) is 5.69 Å². The normalized spacial score (nSPS) is 11.9. The van der Waals surface area contributed by atoms with Gasteiger partial charge in [-0.3, -0.25) is 0 Å². The summed E-state index contributed by atoms with van der Waals surface area (Å²) in [5, 5.41) is 9.19. The number of fused-ring (bicyclic) bond motifs is 1. The predicted molar refractivity (Wildman–Crippen MR) is 73.0 cm³/mol. The van der Waals surface area contributed by atoms with E-state index < -0.39 is 0 Å². The number of anilines is 1. The van der Waals surface area contributed by atoms with Gasteiger partial charge >= 0.3 is 0 Å². The van der Waals surface area contributed by atoms with E-state index in [1.165, 1.54) is 0 Å². The lowest BCUT2D eigenvalue weighted by Gasteiger charge is -2.02. The maximum Gasteiger partial charge on any atom is 0.199 e. The van der Waals surface area contributed by atoms with Crippen molar-refractivity contribution in [1.82, 2.24) is 10.3 Å². The van der Waals surface area contributed by atoms with Crippen molar-refractivity contribution in [3.63, 3.8) is 0 Å². The molecule has 0 saturated heterocycles. The molecule has 0 saturated carbocycles. The highest BCUT2D eigenvalue weighted by atomic mass is 16.6. The molecule has 0 aliphatic rings. The van der Waals surface area contributed by atoms with Gasteiger partial charge < -0.3 is 11.5 Å². The van der Waals surface area contributed by atoms with Crippen LogP contribution in [-0.2, 0) is 0 Å². The zero-order valence-electron chi connectivity index (χ0n) is 9.95. The van der Waals surface area contributed by atoms with Crippen molar-refractivity contribution in [1.29, 1.82) is 0 Å². The first-order chi connectivity index (χ1) is 9.25. The minimum Gasteiger partial charge on any atom is -0.382 e. The average Bonchev–Trinajstić information content (AvgIpc) is 2.85. The molecule has 0 bridgehead atoms. The summed E-state index contributed by atoms with van der Waals surface area (Å²) >= 11 is 0. The van der Waals surface area contributed by atoms with Gasteiger partial charge in [-0.05, 0) is 21.8 Å². The van der Waals surface area contributed by atoms with E-state index in [1.807, 2.05) is 42.5 Å². The summed E-state index contributed by atoms with van der Waals surface area (Å²) in [6.07, 6.45) is 0. The molecule has 19 heavy (non-hydrogen) atoms. The molecule has 0 spiro atoms. The van der Waals surface area contributed by atoms with Crippen molar-refractivity contribution in [2.45, 2.75) is 0 Å². The maximum atomic E-state index is 5.87. The molecule has 0 fully saturated rings. The van der Waals surface area contributed by atoms with Crippen LogP contribution >= 0.6 is 0 Å². The number of hydrogen-bond donors (Lipinski definition) is 2. The van der Waals surface area contributed by atoms with Crippen molar-refractivity contribution < 1.29 is 4.63 Å². The molecule has 1 heterocycles. The number of aliphatic imine (C=N–C) groups is 1. The lowest BCUT2D eigenvalue weighted by molar-refractivity contribution is 0.308. The van der Waals surface area contributed by atoms with E-state index in [1.54, 1.807) is 0 Å². The van der Waals surface area contributed by atoms with E-state index in [-0.39, 0.29) is 17.3 Å². The monoisotopic (exact) mass is 253 g/mol. The Labute approximate surface area is 108 Å². The molecule has 0 radical (unpaired) electrons. The standard InChI is InChI=1S/C13H11N5O/c14-12(11-13(15)18-19-17-11)16-10-7-3-5-8-4-1-2-6-9(8)10/h1-7H,(H2,14,16)(H2,15,18). The second-order valence-corrected chi connectivity index (χ2v) is 3.99. The van der Waals surface area contributed by atoms with Crippen LogP contribution in [0.3, 0.4) is 0 Å². The molecule has 6 heteroatoms. The highest BCUT2D eigenvalue weighted by Crippen LogP contribution is 2.26. The number of benzene rings is 2. The predicted octanol–water partition coefficient (Wildman–Crippen LogP) is 1.84. The summed E-state index contributed by atoms with van der Waals surface area (Å²) < 4.78 is 4.51. The maximum absolute atomic E-state index is 5.87. The lowest BCUT2D eigenvalue weighted by Crippen LogP contribution is -2.15. The summed E-state index contributed by atoms with van der Waals surface area (Å²) in [6, 6.07) is 13.7. The fourth-order valence-electron chi connectivity index (χ4n) is 1.86. The molecule has 0 atom stereocenters. The highest BCUT2D eigenvalue weighted by molar-refractivity contribution is 6.03. The number of rotatable bonds is 2. The Morgan fingerprint density at radius 1 is 1.05 bits per heavy atom. The molecule has 0 unspecified atom stereocenters. The van der Waals surface area contributed by atoms with Gasteiger partial charge in [0.15, 0.2) is 17.3 Å². The minimum atomic E-state index is 0.126. The van der Waals surface area contributed by atoms with E-state index in [9.17, 15) is 0 Å². The third-order valence-corrected chi connectivity index (χ3v) is 2.76. The van der Waals surface area contributed by atoms with Gasteiger partial charge in [-0.25, -0.2) is 9.62 Å². The molecule has 2 aromatic carbocycles. The third kappa shape index (κ3) is 1.99. The van der Waals surface area contributed by atoms with Crippen LogP contribution in [-0.4, -0.2) is 16.1 Å².